The number of hydrogen-bond donors (Lipinski definition) is 2. The molecular weight excluding hydrogens is 300 g/mol. The Balaban J connectivity index is 2.42. The summed E-state index contributed by atoms with van der Waals surface area (Å²) in [7, 11) is 1.57. The van der Waals surface area contributed by atoms with E-state index in [1.54, 1.807) is 55.6 Å². The molecule has 0 aliphatic rings. The SMILES string of the molecule is CCC(Sc1ccc(O)cc1)(C(=O)O)c1ccc(OC)cc1. The molecule has 5 heteroatoms. The van der Waals surface area contributed by atoms with E-state index >= 15 is 0 Å². The monoisotopic (exact) mass is 318 g/mol. The number of aromatic hydroxyl groups is 1. The minimum absolute atomic E-state index is 0.159. The molecule has 0 fully saturated rings. The Kier molecular flexibility index (Phi) is 4.98. The Morgan fingerprint density at radius 1 is 1.14 bits per heavy atom. The number of hydrogen-bond acceptors (Lipinski definition) is 4. The van der Waals surface area contributed by atoms with Crippen molar-refractivity contribution in [1.29, 1.82) is 0 Å². The minimum atomic E-state index is -1.08. The molecule has 116 valence electrons. The zero-order valence-corrected chi connectivity index (χ0v) is 13.3. The molecule has 1 unspecified atom stereocenters. The van der Waals surface area contributed by atoms with Gasteiger partial charge in [-0.25, -0.2) is 0 Å². The number of ether oxygens (including phenoxy) is 1. The second-order valence-corrected chi connectivity index (χ2v) is 6.18. The number of carboxylic acids is 1. The lowest BCUT2D eigenvalue weighted by molar-refractivity contribution is -0.140. The van der Waals surface area contributed by atoms with Crippen molar-refractivity contribution in [3.8, 4) is 11.5 Å². The molecule has 0 aromatic heterocycles. The smallest absolute Gasteiger partial charge is 0.324 e. The Morgan fingerprint density at radius 2 is 1.73 bits per heavy atom. The Hall–Kier alpha value is -2.14. The van der Waals surface area contributed by atoms with Crippen molar-refractivity contribution in [3.63, 3.8) is 0 Å². The van der Waals surface area contributed by atoms with Gasteiger partial charge in [-0.2, -0.15) is 0 Å². The zero-order chi connectivity index (χ0) is 16.2. The van der Waals surface area contributed by atoms with Gasteiger partial charge in [-0.3, -0.25) is 4.79 Å². The molecule has 22 heavy (non-hydrogen) atoms. The maximum Gasteiger partial charge on any atom is 0.324 e. The van der Waals surface area contributed by atoms with Gasteiger partial charge in [0.2, 0.25) is 0 Å². The lowest BCUT2D eigenvalue weighted by atomic mass is 9.95. The number of rotatable bonds is 6. The Bertz CT molecular complexity index is 637. The van der Waals surface area contributed by atoms with Crippen molar-refractivity contribution in [2.45, 2.75) is 23.0 Å². The second-order valence-electron chi connectivity index (χ2n) is 4.81. The van der Waals surface area contributed by atoms with Gasteiger partial charge in [0, 0.05) is 4.90 Å². The normalized spacial score (nSPS) is 13.4. The van der Waals surface area contributed by atoms with E-state index < -0.39 is 10.7 Å². The summed E-state index contributed by atoms with van der Waals surface area (Å²) in [5.41, 5.74) is 0.710. The molecule has 0 aliphatic carbocycles. The van der Waals surface area contributed by atoms with Crippen molar-refractivity contribution in [2.75, 3.05) is 7.11 Å². The van der Waals surface area contributed by atoms with E-state index in [9.17, 15) is 15.0 Å². The number of benzene rings is 2. The van der Waals surface area contributed by atoms with E-state index in [2.05, 4.69) is 0 Å². The van der Waals surface area contributed by atoms with Gasteiger partial charge in [0.15, 0.2) is 0 Å². The van der Waals surface area contributed by atoms with Gasteiger partial charge in [-0.1, -0.05) is 19.1 Å². The van der Waals surface area contributed by atoms with Crippen molar-refractivity contribution < 1.29 is 19.7 Å². The van der Waals surface area contributed by atoms with Crippen LogP contribution >= 0.6 is 11.8 Å². The van der Waals surface area contributed by atoms with Crippen LogP contribution in [0.2, 0.25) is 0 Å². The molecule has 0 bridgehead atoms. The molecular formula is C17H18O4S. The van der Waals surface area contributed by atoms with Crippen molar-refractivity contribution in [2.24, 2.45) is 0 Å². The third kappa shape index (κ3) is 3.20. The summed E-state index contributed by atoms with van der Waals surface area (Å²) in [5, 5.41) is 19.2. The van der Waals surface area contributed by atoms with Gasteiger partial charge in [0.25, 0.3) is 0 Å². The van der Waals surface area contributed by atoms with Crippen LogP contribution in [0.4, 0.5) is 0 Å². The first-order chi connectivity index (χ1) is 10.5. The number of phenolic OH excluding ortho intramolecular Hbond substituents is 1. The summed E-state index contributed by atoms with van der Waals surface area (Å²) in [6, 6.07) is 13.6. The average molecular weight is 318 g/mol. The molecule has 2 aromatic rings. The van der Waals surface area contributed by atoms with Crippen LogP contribution in [0, 0.1) is 0 Å². The molecule has 1 atom stereocenters. The molecule has 0 radical (unpaired) electrons. The van der Waals surface area contributed by atoms with E-state index in [0.717, 1.165) is 4.90 Å². The third-order valence-electron chi connectivity index (χ3n) is 3.53. The minimum Gasteiger partial charge on any atom is -0.508 e. The standard InChI is InChI=1S/C17H18O4S/c1-3-17(16(19)20,12-4-8-14(21-2)9-5-12)22-15-10-6-13(18)7-11-15/h4-11,18H,3H2,1-2H3,(H,19,20). The van der Waals surface area contributed by atoms with E-state index in [-0.39, 0.29) is 5.75 Å². The Labute approximate surface area is 133 Å². The molecule has 0 saturated heterocycles. The summed E-state index contributed by atoms with van der Waals surface area (Å²) in [6.07, 6.45) is 0.431. The van der Waals surface area contributed by atoms with E-state index in [4.69, 9.17) is 4.74 Å². The fraction of sp³-hybridized carbons (Fsp3) is 0.235. The molecule has 0 spiro atoms. The fourth-order valence-electron chi connectivity index (χ4n) is 2.23. The lowest BCUT2D eigenvalue weighted by Crippen LogP contribution is -2.31. The fourth-order valence-corrected chi connectivity index (χ4v) is 3.39. The summed E-state index contributed by atoms with van der Waals surface area (Å²) in [5.74, 6) is -0.0433. The summed E-state index contributed by atoms with van der Waals surface area (Å²) >= 11 is 1.27. The van der Waals surface area contributed by atoms with E-state index in [1.165, 1.54) is 11.8 Å². The van der Waals surface area contributed by atoms with Crippen LogP contribution in [0.25, 0.3) is 0 Å². The van der Waals surface area contributed by atoms with Crippen LogP contribution < -0.4 is 4.74 Å². The highest BCUT2D eigenvalue weighted by molar-refractivity contribution is 8.01. The van der Waals surface area contributed by atoms with E-state index in [1.807, 2.05) is 6.92 Å². The Morgan fingerprint density at radius 3 is 2.18 bits per heavy atom. The average Bonchev–Trinajstić information content (AvgIpc) is 2.54. The van der Waals surface area contributed by atoms with Crippen molar-refractivity contribution >= 4 is 17.7 Å². The van der Waals surface area contributed by atoms with Crippen LogP contribution in [0.3, 0.4) is 0 Å². The quantitative estimate of drug-likeness (QED) is 0.791. The van der Waals surface area contributed by atoms with Gasteiger partial charge in [-0.05, 0) is 48.4 Å². The summed E-state index contributed by atoms with van der Waals surface area (Å²) in [6.45, 7) is 1.85. The molecule has 0 amide bonds. The van der Waals surface area contributed by atoms with Crippen LogP contribution in [0.15, 0.2) is 53.4 Å². The van der Waals surface area contributed by atoms with Crippen LogP contribution in [-0.2, 0) is 9.54 Å². The van der Waals surface area contributed by atoms with Crippen LogP contribution in [-0.4, -0.2) is 23.3 Å². The number of phenols is 1. The number of carboxylic acid groups (broad SMARTS) is 1. The van der Waals surface area contributed by atoms with Crippen molar-refractivity contribution in [1.82, 2.24) is 0 Å². The van der Waals surface area contributed by atoms with Gasteiger partial charge in [0.05, 0.1) is 7.11 Å². The second kappa shape index (κ2) is 6.75. The maximum atomic E-state index is 12.0. The molecule has 0 aliphatic heterocycles. The first kappa shape index (κ1) is 16.2. The number of methoxy groups -OCH3 is 1. The lowest BCUT2D eigenvalue weighted by Gasteiger charge is -2.28. The topological polar surface area (TPSA) is 66.8 Å². The maximum absolute atomic E-state index is 12.0. The third-order valence-corrected chi connectivity index (χ3v) is 5.08. The molecule has 2 N–H and O–H groups in total. The summed E-state index contributed by atoms with van der Waals surface area (Å²) < 4.78 is 4.05. The molecule has 2 rings (SSSR count). The highest BCUT2D eigenvalue weighted by Gasteiger charge is 2.40. The summed E-state index contributed by atoms with van der Waals surface area (Å²) in [4.78, 5) is 12.8. The molecule has 4 nitrogen and oxygen atoms in total. The van der Waals surface area contributed by atoms with Crippen molar-refractivity contribution in [3.05, 3.63) is 54.1 Å². The van der Waals surface area contributed by atoms with Crippen LogP contribution in [0.5, 0.6) is 11.5 Å². The predicted octanol–water partition coefficient (Wildman–Crippen LogP) is 3.88. The highest BCUT2D eigenvalue weighted by Crippen LogP contribution is 2.45. The predicted molar refractivity (Wildman–Crippen MR) is 86.6 cm³/mol. The first-order valence-electron chi connectivity index (χ1n) is 6.88. The first-order valence-corrected chi connectivity index (χ1v) is 7.69. The van der Waals surface area contributed by atoms with Gasteiger partial charge in [0.1, 0.15) is 16.2 Å². The van der Waals surface area contributed by atoms with Gasteiger partial charge in [-0.15, -0.1) is 11.8 Å². The molecule has 2 aromatic carbocycles. The number of carbonyl (C=O) groups is 1. The van der Waals surface area contributed by atoms with Gasteiger partial charge >= 0.3 is 5.97 Å². The highest BCUT2D eigenvalue weighted by atomic mass is 32.2. The zero-order valence-electron chi connectivity index (χ0n) is 12.4. The van der Waals surface area contributed by atoms with Gasteiger partial charge < -0.3 is 14.9 Å². The molecule has 0 saturated carbocycles. The molecule has 0 heterocycles. The number of thioether (sulfide) groups is 1. The largest absolute Gasteiger partial charge is 0.508 e. The van der Waals surface area contributed by atoms with Crippen LogP contribution in [0.1, 0.15) is 18.9 Å². The number of aliphatic carboxylic acids is 1. The van der Waals surface area contributed by atoms with E-state index in [0.29, 0.717) is 17.7 Å².